The quantitative estimate of drug-likeness (QED) is 0.0603. The van der Waals surface area contributed by atoms with Gasteiger partial charge >= 0.3 is 0 Å². The van der Waals surface area contributed by atoms with Gasteiger partial charge in [-0.25, -0.2) is 4.99 Å². The molecule has 1 amide bonds. The molecule has 0 radical (unpaired) electrons. The van der Waals surface area contributed by atoms with Crippen molar-refractivity contribution in [2.24, 2.45) is 10.1 Å². The van der Waals surface area contributed by atoms with Gasteiger partial charge in [0.25, 0.3) is 5.91 Å². The van der Waals surface area contributed by atoms with E-state index in [9.17, 15) is 4.79 Å². The van der Waals surface area contributed by atoms with Crippen LogP contribution in [0.3, 0.4) is 0 Å². The highest BCUT2D eigenvalue weighted by Gasteiger charge is 2.53. The molecule has 0 saturated heterocycles. The molecule has 2 N–H and O–H groups in total. The van der Waals surface area contributed by atoms with Crippen LogP contribution < -0.4 is 14.8 Å². The summed E-state index contributed by atoms with van der Waals surface area (Å²) in [4.78, 5) is 22.7. The van der Waals surface area contributed by atoms with E-state index in [1.54, 1.807) is 7.11 Å². The van der Waals surface area contributed by atoms with Gasteiger partial charge in [0.05, 0.1) is 20.3 Å². The fourth-order valence-electron chi connectivity index (χ4n) is 5.50. The molecule has 4 aromatic carbocycles. The lowest BCUT2D eigenvalue weighted by Gasteiger charge is -2.31. The lowest BCUT2D eigenvalue weighted by Crippen LogP contribution is -2.50. The van der Waals surface area contributed by atoms with Crippen LogP contribution in [0.1, 0.15) is 40.3 Å². The van der Waals surface area contributed by atoms with Crippen LogP contribution >= 0.6 is 15.9 Å². The van der Waals surface area contributed by atoms with Crippen molar-refractivity contribution in [3.05, 3.63) is 140 Å². The fraction of sp³-hybridized carbons (Fsp3) is 0.278. The predicted octanol–water partition coefficient (Wildman–Crippen LogP) is 6.89. The molecular weight excluding hydrogens is 662 g/mol. The van der Waals surface area contributed by atoms with Crippen LogP contribution in [-0.2, 0) is 28.9 Å². The maximum Gasteiger partial charge on any atom is 0.252 e. The molecule has 0 aliphatic carbocycles. The number of halogens is 1. The Bertz CT molecular complexity index is 1740. The van der Waals surface area contributed by atoms with E-state index < -0.39 is 11.6 Å². The molecule has 0 spiro atoms. The third kappa shape index (κ3) is 8.31. The lowest BCUT2D eigenvalue weighted by molar-refractivity contribution is -0.128. The van der Waals surface area contributed by atoms with Crippen LogP contribution in [0.2, 0.25) is 0 Å². The van der Waals surface area contributed by atoms with Crippen molar-refractivity contribution in [2.45, 2.75) is 37.5 Å². The van der Waals surface area contributed by atoms with Crippen molar-refractivity contribution in [3.8, 4) is 11.5 Å². The molecule has 47 heavy (non-hydrogen) atoms. The minimum absolute atomic E-state index is 0.0514. The summed E-state index contributed by atoms with van der Waals surface area (Å²) in [5, 5.41) is 16.0. The van der Waals surface area contributed by atoms with Gasteiger partial charge in [-0.3, -0.25) is 4.79 Å². The molecule has 0 bridgehead atoms. The van der Waals surface area contributed by atoms with E-state index >= 15 is 0 Å². The first-order chi connectivity index (χ1) is 23.0. The third-order valence-corrected chi connectivity index (χ3v) is 8.45. The summed E-state index contributed by atoms with van der Waals surface area (Å²) in [6.45, 7) is 0.952. The summed E-state index contributed by atoms with van der Waals surface area (Å²) in [6.07, 6.45) is 0.547. The number of nitrogens with one attached hydrogen (secondary N) is 1. The van der Waals surface area contributed by atoms with Crippen LogP contribution in [0.15, 0.2) is 112 Å². The molecule has 1 aliphatic heterocycles. The SMILES string of the molecule is COc1cccc(CCNC(=O)[C@]2(Cc3ccccc3CN=[N+]=[N-])N=C(c3ccc(OCCCO)cc3)O[C@@H]2c2ccc(Br)cc2)c1. The zero-order valence-corrected chi connectivity index (χ0v) is 27.6. The van der Waals surface area contributed by atoms with E-state index in [1.807, 2.05) is 97.1 Å². The van der Waals surface area contributed by atoms with E-state index in [2.05, 4.69) is 31.3 Å². The molecule has 4 aromatic rings. The Morgan fingerprint density at radius 1 is 1.04 bits per heavy atom. The molecule has 242 valence electrons. The number of nitrogens with zero attached hydrogens (tertiary/aromatic N) is 4. The highest BCUT2D eigenvalue weighted by atomic mass is 79.9. The van der Waals surface area contributed by atoms with Gasteiger partial charge in [0.15, 0.2) is 11.6 Å². The van der Waals surface area contributed by atoms with Gasteiger partial charge in [-0.2, -0.15) is 0 Å². The lowest BCUT2D eigenvalue weighted by atomic mass is 9.81. The van der Waals surface area contributed by atoms with Crippen LogP contribution in [0.4, 0.5) is 0 Å². The number of aliphatic hydroxyl groups is 1. The molecule has 5 rings (SSSR count). The number of aliphatic imine (C=N–C) groups is 1. The van der Waals surface area contributed by atoms with Crippen molar-refractivity contribution in [1.82, 2.24) is 5.32 Å². The first-order valence-corrected chi connectivity index (χ1v) is 16.1. The molecule has 0 aromatic heterocycles. The molecule has 1 heterocycles. The van der Waals surface area contributed by atoms with E-state index in [-0.39, 0.29) is 25.5 Å². The number of benzene rings is 4. The zero-order chi connectivity index (χ0) is 33.1. The summed E-state index contributed by atoms with van der Waals surface area (Å²) in [5.41, 5.74) is 11.8. The fourth-order valence-corrected chi connectivity index (χ4v) is 5.77. The van der Waals surface area contributed by atoms with Crippen molar-refractivity contribution < 1.29 is 24.1 Å². The second-order valence-electron chi connectivity index (χ2n) is 11.0. The monoisotopic (exact) mass is 697 g/mol. The Balaban J connectivity index is 1.55. The predicted molar refractivity (Wildman–Crippen MR) is 184 cm³/mol. The number of carbonyl (C=O) groups is 1. The number of hydrogen-bond donors (Lipinski definition) is 2. The smallest absolute Gasteiger partial charge is 0.252 e. The van der Waals surface area contributed by atoms with E-state index in [1.165, 1.54) is 0 Å². The minimum atomic E-state index is -1.40. The number of ether oxygens (including phenoxy) is 3. The Hall–Kier alpha value is -4.83. The van der Waals surface area contributed by atoms with Crippen LogP contribution in [-0.4, -0.2) is 49.3 Å². The number of rotatable bonds is 15. The Morgan fingerprint density at radius 3 is 2.53 bits per heavy atom. The van der Waals surface area contributed by atoms with Gasteiger partial charge in [-0.15, -0.1) is 0 Å². The van der Waals surface area contributed by atoms with E-state index in [4.69, 9.17) is 29.8 Å². The molecule has 0 saturated carbocycles. The number of azide groups is 1. The zero-order valence-electron chi connectivity index (χ0n) is 26.0. The van der Waals surface area contributed by atoms with Gasteiger partial charge < -0.3 is 24.6 Å². The highest BCUT2D eigenvalue weighted by Crippen LogP contribution is 2.43. The highest BCUT2D eigenvalue weighted by molar-refractivity contribution is 9.10. The largest absolute Gasteiger partial charge is 0.497 e. The molecule has 0 fully saturated rings. The normalized spacial score (nSPS) is 16.8. The summed E-state index contributed by atoms with van der Waals surface area (Å²) in [6, 6.07) is 30.3. The van der Waals surface area contributed by atoms with Crippen LogP contribution in [0.5, 0.6) is 11.5 Å². The maximum absolute atomic E-state index is 14.6. The summed E-state index contributed by atoms with van der Waals surface area (Å²) < 4.78 is 18.6. The van der Waals surface area contributed by atoms with Crippen molar-refractivity contribution in [2.75, 3.05) is 26.9 Å². The number of aliphatic hydroxyl groups excluding tert-OH is 1. The second kappa shape index (κ2) is 16.1. The Labute approximate surface area is 282 Å². The third-order valence-electron chi connectivity index (χ3n) is 7.92. The first kappa shape index (κ1) is 33.5. The minimum Gasteiger partial charge on any atom is -0.497 e. The molecule has 10 nitrogen and oxygen atoms in total. The maximum atomic E-state index is 14.6. The first-order valence-electron chi connectivity index (χ1n) is 15.3. The molecule has 2 atom stereocenters. The average molecular weight is 699 g/mol. The number of hydrogen-bond acceptors (Lipinski definition) is 7. The topological polar surface area (TPSA) is 138 Å². The standard InChI is InChI=1S/C36H36BrN5O5/c1-45-32-9-4-6-25(22-32)18-19-39-35(44)36(23-28-7-2-3-8-29(28)24-40-42-38)33(26-10-14-30(37)15-11-26)47-34(41-36)27-12-16-31(17-13-27)46-21-5-20-43/h2-4,6-17,22,33,43H,5,18-21,23-24H2,1H3,(H,39,44)/t33-,36-/m1/s1. The van der Waals surface area contributed by atoms with Gasteiger partial charge in [0.1, 0.15) is 11.5 Å². The average Bonchev–Trinajstić information content (AvgIpc) is 3.49. The van der Waals surface area contributed by atoms with E-state index in [0.717, 1.165) is 32.5 Å². The van der Waals surface area contributed by atoms with Crippen molar-refractivity contribution >= 4 is 27.7 Å². The Kier molecular flexibility index (Phi) is 11.5. The second-order valence-corrected chi connectivity index (χ2v) is 11.9. The summed E-state index contributed by atoms with van der Waals surface area (Å²) in [7, 11) is 1.63. The summed E-state index contributed by atoms with van der Waals surface area (Å²) in [5.74, 6) is 1.44. The molecule has 0 unspecified atom stereocenters. The van der Waals surface area contributed by atoms with Gasteiger partial charge in [-0.1, -0.05) is 69.6 Å². The van der Waals surface area contributed by atoms with Crippen molar-refractivity contribution in [1.29, 1.82) is 0 Å². The molecular formula is C36H36BrN5O5. The van der Waals surface area contributed by atoms with E-state index in [0.29, 0.717) is 43.2 Å². The van der Waals surface area contributed by atoms with Crippen molar-refractivity contribution in [3.63, 3.8) is 0 Å². The number of carbonyl (C=O) groups excluding carboxylic acids is 1. The molecule has 1 aliphatic rings. The van der Waals surface area contributed by atoms with Crippen LogP contribution in [0, 0.1) is 0 Å². The molecule has 11 heteroatoms. The van der Waals surface area contributed by atoms with Gasteiger partial charge in [0.2, 0.25) is 5.90 Å². The number of amides is 1. The Morgan fingerprint density at radius 2 is 1.81 bits per heavy atom. The van der Waals surface area contributed by atoms with Gasteiger partial charge in [-0.05, 0) is 82.7 Å². The summed E-state index contributed by atoms with van der Waals surface area (Å²) >= 11 is 3.52. The van der Waals surface area contributed by atoms with Gasteiger partial charge in [0, 0.05) is 40.9 Å². The van der Waals surface area contributed by atoms with Crippen LogP contribution in [0.25, 0.3) is 10.4 Å². The number of methoxy groups -OCH3 is 1.